The van der Waals surface area contributed by atoms with E-state index in [0.717, 1.165) is 16.7 Å². The van der Waals surface area contributed by atoms with Gasteiger partial charge in [0.15, 0.2) is 11.5 Å². The molecule has 0 atom stereocenters. The summed E-state index contributed by atoms with van der Waals surface area (Å²) in [6, 6.07) is 21.6. The summed E-state index contributed by atoms with van der Waals surface area (Å²) in [6.45, 7) is 0. The van der Waals surface area contributed by atoms with Gasteiger partial charge in [-0.15, -0.1) is 0 Å². The average molecular weight is 400 g/mol. The zero-order valence-corrected chi connectivity index (χ0v) is 16.6. The van der Waals surface area contributed by atoms with E-state index in [2.05, 4.69) is 10.3 Å². The largest absolute Gasteiger partial charge is 0.497 e. The number of hydrogen-bond donors (Lipinski definition) is 1. The van der Waals surface area contributed by atoms with Crippen molar-refractivity contribution in [2.75, 3.05) is 19.5 Å². The molecule has 0 spiro atoms. The summed E-state index contributed by atoms with van der Waals surface area (Å²) in [7, 11) is 3.18. The van der Waals surface area contributed by atoms with Crippen LogP contribution in [0.1, 0.15) is 10.4 Å². The third-order valence-corrected chi connectivity index (χ3v) is 4.60. The second-order valence-corrected chi connectivity index (χ2v) is 6.47. The average Bonchev–Trinajstić information content (AvgIpc) is 2.79. The fraction of sp³-hybridized carbons (Fsp3) is 0.0833. The molecule has 150 valence electrons. The number of nitrogens with zero attached hydrogens (tertiary/aromatic N) is 1. The van der Waals surface area contributed by atoms with Crippen LogP contribution in [-0.4, -0.2) is 25.1 Å². The van der Waals surface area contributed by atoms with Crippen molar-refractivity contribution in [2.24, 2.45) is 0 Å². The van der Waals surface area contributed by atoms with Gasteiger partial charge >= 0.3 is 0 Å². The topological polar surface area (TPSA) is 69.7 Å². The summed E-state index contributed by atoms with van der Waals surface area (Å²) in [5.74, 6) is 2.17. The van der Waals surface area contributed by atoms with Crippen LogP contribution in [0.4, 0.5) is 5.69 Å². The van der Waals surface area contributed by atoms with E-state index in [1.165, 1.54) is 0 Å². The number of hydrogen-bond acceptors (Lipinski definition) is 5. The summed E-state index contributed by atoms with van der Waals surface area (Å²) >= 11 is 0. The fourth-order valence-corrected chi connectivity index (χ4v) is 3.10. The molecule has 1 aromatic heterocycles. The molecule has 0 radical (unpaired) electrons. The molecule has 1 heterocycles. The number of fused-ring (bicyclic) bond motifs is 1. The van der Waals surface area contributed by atoms with Crippen molar-refractivity contribution < 1.29 is 19.0 Å². The maximum Gasteiger partial charge on any atom is 0.256 e. The Morgan fingerprint density at radius 1 is 0.833 bits per heavy atom. The lowest BCUT2D eigenvalue weighted by Gasteiger charge is -2.13. The number of anilines is 1. The lowest BCUT2D eigenvalue weighted by atomic mass is 10.1. The van der Waals surface area contributed by atoms with E-state index in [9.17, 15) is 4.79 Å². The van der Waals surface area contributed by atoms with E-state index in [4.69, 9.17) is 14.2 Å². The molecule has 1 amide bonds. The van der Waals surface area contributed by atoms with E-state index in [1.807, 2.05) is 36.4 Å². The highest BCUT2D eigenvalue weighted by atomic mass is 16.5. The maximum atomic E-state index is 12.9. The number of ether oxygens (including phenoxy) is 3. The summed E-state index contributed by atoms with van der Waals surface area (Å²) < 4.78 is 16.5. The first kappa shape index (κ1) is 19.3. The Morgan fingerprint density at radius 3 is 2.40 bits per heavy atom. The highest BCUT2D eigenvalue weighted by molar-refractivity contribution is 6.12. The van der Waals surface area contributed by atoms with Gasteiger partial charge in [0.25, 0.3) is 5.91 Å². The second kappa shape index (κ2) is 8.53. The van der Waals surface area contributed by atoms with Crippen LogP contribution in [-0.2, 0) is 0 Å². The molecule has 1 N–H and O–H groups in total. The molecular formula is C24H20N2O4. The van der Waals surface area contributed by atoms with Gasteiger partial charge in [-0.05, 0) is 54.6 Å². The van der Waals surface area contributed by atoms with Crippen LogP contribution in [0.3, 0.4) is 0 Å². The molecule has 0 aliphatic heterocycles. The van der Waals surface area contributed by atoms with Crippen LogP contribution in [0, 0.1) is 0 Å². The first-order chi connectivity index (χ1) is 14.7. The van der Waals surface area contributed by atoms with Crippen molar-refractivity contribution in [1.29, 1.82) is 0 Å². The molecule has 0 fully saturated rings. The van der Waals surface area contributed by atoms with E-state index >= 15 is 0 Å². The van der Waals surface area contributed by atoms with Crippen molar-refractivity contribution in [2.45, 2.75) is 0 Å². The normalized spacial score (nSPS) is 10.5. The Balaban J connectivity index is 1.59. The van der Waals surface area contributed by atoms with Crippen molar-refractivity contribution in [3.63, 3.8) is 0 Å². The molecule has 6 heteroatoms. The Labute approximate surface area is 174 Å². The highest BCUT2D eigenvalue weighted by Crippen LogP contribution is 2.34. The van der Waals surface area contributed by atoms with Gasteiger partial charge in [-0.25, -0.2) is 0 Å². The highest BCUT2D eigenvalue weighted by Gasteiger charge is 2.13. The Kier molecular flexibility index (Phi) is 5.48. The monoisotopic (exact) mass is 400 g/mol. The van der Waals surface area contributed by atoms with Gasteiger partial charge < -0.3 is 19.5 Å². The Hall–Kier alpha value is -4.06. The van der Waals surface area contributed by atoms with Crippen molar-refractivity contribution in [3.05, 3.63) is 84.6 Å². The number of carbonyl (C=O) groups excluding carboxylic acids is 1. The minimum absolute atomic E-state index is 0.228. The van der Waals surface area contributed by atoms with Crippen LogP contribution < -0.4 is 19.5 Å². The van der Waals surface area contributed by atoms with Crippen molar-refractivity contribution >= 4 is 22.5 Å². The zero-order valence-electron chi connectivity index (χ0n) is 16.6. The lowest BCUT2D eigenvalue weighted by Crippen LogP contribution is -2.12. The quantitative estimate of drug-likeness (QED) is 0.476. The summed E-state index contributed by atoms with van der Waals surface area (Å²) in [6.07, 6.45) is 1.70. The number of nitrogens with one attached hydrogen (secondary N) is 1. The first-order valence-corrected chi connectivity index (χ1v) is 9.33. The molecule has 0 aliphatic rings. The zero-order chi connectivity index (χ0) is 20.9. The van der Waals surface area contributed by atoms with E-state index in [0.29, 0.717) is 28.5 Å². The number of carbonyl (C=O) groups is 1. The number of rotatable bonds is 6. The van der Waals surface area contributed by atoms with Crippen LogP contribution in [0.5, 0.6) is 23.0 Å². The summed E-state index contributed by atoms with van der Waals surface area (Å²) in [4.78, 5) is 17.2. The van der Waals surface area contributed by atoms with Gasteiger partial charge in [-0.2, -0.15) is 0 Å². The lowest BCUT2D eigenvalue weighted by molar-refractivity contribution is 0.102. The van der Waals surface area contributed by atoms with Gasteiger partial charge in [0.1, 0.15) is 11.5 Å². The van der Waals surface area contributed by atoms with Crippen LogP contribution in [0.2, 0.25) is 0 Å². The third kappa shape index (κ3) is 4.03. The molecule has 6 nitrogen and oxygen atoms in total. The van der Waals surface area contributed by atoms with Gasteiger partial charge in [0, 0.05) is 28.9 Å². The summed E-state index contributed by atoms with van der Waals surface area (Å²) in [5.41, 5.74) is 1.91. The molecule has 3 aromatic carbocycles. The predicted octanol–water partition coefficient (Wildman–Crippen LogP) is 5.30. The molecule has 0 saturated carbocycles. The van der Waals surface area contributed by atoms with Gasteiger partial charge in [0.05, 0.1) is 19.7 Å². The predicted molar refractivity (Wildman–Crippen MR) is 116 cm³/mol. The van der Waals surface area contributed by atoms with Crippen LogP contribution in [0.15, 0.2) is 79.0 Å². The Bertz CT molecular complexity index is 1180. The molecule has 4 aromatic rings. The van der Waals surface area contributed by atoms with Gasteiger partial charge in [-0.1, -0.05) is 12.1 Å². The molecular weight excluding hydrogens is 380 g/mol. The van der Waals surface area contributed by atoms with Gasteiger partial charge in [-0.3, -0.25) is 9.78 Å². The fourth-order valence-electron chi connectivity index (χ4n) is 3.10. The number of benzene rings is 3. The van der Waals surface area contributed by atoms with Crippen LogP contribution in [0.25, 0.3) is 10.9 Å². The third-order valence-electron chi connectivity index (χ3n) is 4.60. The Morgan fingerprint density at radius 2 is 1.63 bits per heavy atom. The van der Waals surface area contributed by atoms with Gasteiger partial charge in [0.2, 0.25) is 0 Å². The smallest absolute Gasteiger partial charge is 0.256 e. The molecule has 0 saturated heterocycles. The molecule has 0 bridgehead atoms. The summed E-state index contributed by atoms with van der Waals surface area (Å²) in [5, 5.41) is 3.72. The van der Waals surface area contributed by atoms with Crippen LogP contribution >= 0.6 is 0 Å². The molecule has 0 unspecified atom stereocenters. The number of amides is 1. The van der Waals surface area contributed by atoms with Crippen molar-refractivity contribution in [1.82, 2.24) is 4.98 Å². The molecule has 30 heavy (non-hydrogen) atoms. The number of pyridine rings is 1. The second-order valence-electron chi connectivity index (χ2n) is 6.47. The molecule has 4 rings (SSSR count). The number of aromatic nitrogens is 1. The maximum absolute atomic E-state index is 12.9. The van der Waals surface area contributed by atoms with Crippen molar-refractivity contribution in [3.8, 4) is 23.0 Å². The minimum Gasteiger partial charge on any atom is -0.497 e. The first-order valence-electron chi connectivity index (χ1n) is 9.33. The van der Waals surface area contributed by atoms with E-state index in [-0.39, 0.29) is 5.91 Å². The van der Waals surface area contributed by atoms with E-state index in [1.54, 1.807) is 56.8 Å². The standard InChI is InChI=1S/C24H20N2O4/c1-28-17-9-11-18(12-10-17)30-23-15-16(8-13-22(23)29-2)26-24(27)20-5-3-7-21-19(20)6-4-14-25-21/h3-15H,1-2H3,(H,26,27). The molecule has 0 aliphatic carbocycles. The minimum atomic E-state index is -0.228. The van der Waals surface area contributed by atoms with E-state index < -0.39 is 0 Å². The SMILES string of the molecule is COc1ccc(Oc2cc(NC(=O)c3cccc4ncccc34)ccc2OC)cc1. The number of methoxy groups -OCH3 is 2.